The first-order valence-corrected chi connectivity index (χ1v) is 8.78. The molecule has 0 heterocycles. The summed E-state index contributed by atoms with van der Waals surface area (Å²) < 4.78 is 26.1. The maximum Gasteiger partial charge on any atom is 0.126 e. The Labute approximate surface area is 133 Å². The zero-order valence-electron chi connectivity index (χ0n) is 13.7. The van der Waals surface area contributed by atoms with E-state index in [1.54, 1.807) is 6.07 Å². The van der Waals surface area contributed by atoms with Gasteiger partial charge >= 0.3 is 0 Å². The van der Waals surface area contributed by atoms with Crippen LogP contribution in [0.4, 0.5) is 8.78 Å². The third-order valence-corrected chi connectivity index (χ3v) is 5.03. The summed E-state index contributed by atoms with van der Waals surface area (Å²) in [6.07, 6.45) is 12.0. The van der Waals surface area contributed by atoms with Crippen LogP contribution in [-0.4, -0.2) is 0 Å². The molecule has 122 valence electrons. The van der Waals surface area contributed by atoms with Crippen LogP contribution in [0.5, 0.6) is 0 Å². The topological polar surface area (TPSA) is 0 Å². The number of hydrogen-bond acceptors (Lipinski definition) is 0. The number of rotatable bonds is 7. The van der Waals surface area contributed by atoms with E-state index in [0.717, 1.165) is 11.5 Å². The van der Waals surface area contributed by atoms with Crippen LogP contribution >= 0.6 is 0 Å². The molecule has 1 aliphatic rings. The molecule has 0 N–H and O–H groups in total. The molecule has 0 spiro atoms. The van der Waals surface area contributed by atoms with Gasteiger partial charge in [-0.25, -0.2) is 8.78 Å². The zero-order chi connectivity index (χ0) is 15.8. The Morgan fingerprint density at radius 1 is 1.18 bits per heavy atom. The maximum absolute atomic E-state index is 14.2. The van der Waals surface area contributed by atoms with Crippen molar-refractivity contribution in [2.45, 2.75) is 70.6 Å². The summed E-state index contributed by atoms with van der Waals surface area (Å²) in [6.45, 7) is 2.25. The molecule has 0 saturated heterocycles. The van der Waals surface area contributed by atoms with Crippen molar-refractivity contribution in [1.82, 2.24) is 0 Å². The first-order valence-electron chi connectivity index (χ1n) is 8.78. The molecule has 0 aliphatic heterocycles. The van der Waals surface area contributed by atoms with Gasteiger partial charge in [-0.1, -0.05) is 44.4 Å². The molecule has 0 bridgehead atoms. The first-order chi connectivity index (χ1) is 10.7. The molecule has 2 heteroatoms. The van der Waals surface area contributed by atoms with Crippen LogP contribution in [0.15, 0.2) is 30.6 Å². The average molecular weight is 306 g/mol. The van der Waals surface area contributed by atoms with Gasteiger partial charge in [0.15, 0.2) is 0 Å². The van der Waals surface area contributed by atoms with Crippen molar-refractivity contribution in [1.29, 1.82) is 0 Å². The van der Waals surface area contributed by atoms with Gasteiger partial charge in [0.1, 0.15) is 5.82 Å². The summed E-state index contributed by atoms with van der Waals surface area (Å²) in [5.41, 5.74) is 1.84. The van der Waals surface area contributed by atoms with Crippen LogP contribution in [0, 0.1) is 11.7 Å². The molecule has 0 nitrogen and oxygen atoms in total. The van der Waals surface area contributed by atoms with Gasteiger partial charge in [-0.15, -0.1) is 0 Å². The van der Waals surface area contributed by atoms with Crippen LogP contribution in [-0.2, 0) is 6.42 Å². The van der Waals surface area contributed by atoms with E-state index in [1.807, 2.05) is 6.07 Å². The monoisotopic (exact) mass is 306 g/mol. The number of allylic oxidation sites excluding steroid dienone is 1. The van der Waals surface area contributed by atoms with Crippen LogP contribution in [0.3, 0.4) is 0 Å². The smallest absolute Gasteiger partial charge is 0.126 e. The Balaban J connectivity index is 1.89. The minimum absolute atomic E-state index is 0.127. The second kappa shape index (κ2) is 9.07. The molecule has 1 aromatic rings. The predicted octanol–water partition coefficient (Wildman–Crippen LogP) is 6.71. The lowest BCUT2D eigenvalue weighted by atomic mass is 9.77. The van der Waals surface area contributed by atoms with Gasteiger partial charge in [-0.05, 0) is 67.6 Å². The van der Waals surface area contributed by atoms with E-state index < -0.39 is 0 Å². The molecule has 0 radical (unpaired) electrons. The van der Waals surface area contributed by atoms with E-state index >= 15 is 0 Å². The minimum atomic E-state index is -0.127. The Hall–Kier alpha value is -1.18. The van der Waals surface area contributed by atoms with Crippen LogP contribution in [0.1, 0.15) is 75.3 Å². The molecule has 1 fully saturated rings. The van der Waals surface area contributed by atoms with E-state index in [1.165, 1.54) is 51.0 Å². The third kappa shape index (κ3) is 4.93. The number of aryl methyl sites for hydroxylation is 1. The summed E-state index contributed by atoms with van der Waals surface area (Å²) in [6, 6.07) is 5.68. The fourth-order valence-electron chi connectivity index (χ4n) is 3.60. The molecule has 0 aromatic heterocycles. The lowest BCUT2D eigenvalue weighted by Crippen LogP contribution is -2.13. The second-order valence-corrected chi connectivity index (χ2v) is 6.61. The minimum Gasteiger partial charge on any atom is -0.216 e. The van der Waals surface area contributed by atoms with Gasteiger partial charge in [0.05, 0.1) is 6.33 Å². The van der Waals surface area contributed by atoms with Crippen molar-refractivity contribution < 1.29 is 8.78 Å². The Bertz CT molecular complexity index is 471. The quantitative estimate of drug-likeness (QED) is 0.525. The molecule has 0 atom stereocenters. The van der Waals surface area contributed by atoms with Gasteiger partial charge in [0.2, 0.25) is 0 Å². The lowest BCUT2D eigenvalue weighted by Gasteiger charge is -2.29. The first kappa shape index (κ1) is 17.2. The molecule has 0 amide bonds. The zero-order valence-corrected chi connectivity index (χ0v) is 13.7. The van der Waals surface area contributed by atoms with Crippen LogP contribution in [0.2, 0.25) is 0 Å². The van der Waals surface area contributed by atoms with E-state index in [4.69, 9.17) is 0 Å². The molecule has 1 aromatic carbocycles. The highest BCUT2D eigenvalue weighted by atomic mass is 19.1. The largest absolute Gasteiger partial charge is 0.216 e. The summed E-state index contributed by atoms with van der Waals surface area (Å²) in [4.78, 5) is 0. The van der Waals surface area contributed by atoms with Crippen molar-refractivity contribution in [3.05, 3.63) is 47.5 Å². The summed E-state index contributed by atoms with van der Waals surface area (Å²) >= 11 is 0. The number of unbranched alkanes of at least 4 members (excludes halogenated alkanes) is 1. The van der Waals surface area contributed by atoms with E-state index in [-0.39, 0.29) is 5.82 Å². The highest BCUT2D eigenvalue weighted by Gasteiger charge is 2.22. The SMILES string of the molecule is CCCC[C@H]1CC[C@H](c2ccc(CC/C=C/F)c(F)c2)CC1. The number of benzene rings is 1. The van der Waals surface area contributed by atoms with Crippen molar-refractivity contribution in [3.8, 4) is 0 Å². The summed E-state index contributed by atoms with van der Waals surface area (Å²) in [5, 5.41) is 0. The predicted molar refractivity (Wildman–Crippen MR) is 89.2 cm³/mol. The molecular weight excluding hydrogens is 278 g/mol. The van der Waals surface area contributed by atoms with E-state index in [0.29, 0.717) is 30.7 Å². The van der Waals surface area contributed by atoms with E-state index in [2.05, 4.69) is 13.0 Å². The van der Waals surface area contributed by atoms with E-state index in [9.17, 15) is 8.78 Å². The van der Waals surface area contributed by atoms with Gasteiger partial charge in [-0.3, -0.25) is 0 Å². The lowest BCUT2D eigenvalue weighted by molar-refractivity contribution is 0.304. The maximum atomic E-state index is 14.2. The number of halogens is 2. The molecule has 1 saturated carbocycles. The van der Waals surface area contributed by atoms with Gasteiger partial charge in [0.25, 0.3) is 0 Å². The van der Waals surface area contributed by atoms with Crippen molar-refractivity contribution >= 4 is 0 Å². The van der Waals surface area contributed by atoms with Gasteiger partial charge < -0.3 is 0 Å². The normalized spacial score (nSPS) is 22.3. The Morgan fingerprint density at radius 2 is 1.95 bits per heavy atom. The Kier molecular flexibility index (Phi) is 7.08. The summed E-state index contributed by atoms with van der Waals surface area (Å²) in [5.74, 6) is 1.28. The van der Waals surface area contributed by atoms with Crippen molar-refractivity contribution in [3.63, 3.8) is 0 Å². The summed E-state index contributed by atoms with van der Waals surface area (Å²) in [7, 11) is 0. The molecular formula is C20H28F2. The van der Waals surface area contributed by atoms with Crippen LogP contribution < -0.4 is 0 Å². The van der Waals surface area contributed by atoms with Gasteiger partial charge in [0, 0.05) is 0 Å². The standard InChI is InChI=1S/C20H28F2/c1-2-3-6-16-8-10-17(11-9-16)19-13-12-18(20(22)15-19)7-4-5-14-21/h5,12-17H,2-4,6-11H2,1H3/b14-5+/t16-,17-. The molecule has 0 unspecified atom stereocenters. The molecule has 22 heavy (non-hydrogen) atoms. The van der Waals surface area contributed by atoms with Gasteiger partial charge in [-0.2, -0.15) is 0 Å². The fourth-order valence-corrected chi connectivity index (χ4v) is 3.60. The molecule has 2 rings (SSSR count). The highest BCUT2D eigenvalue weighted by molar-refractivity contribution is 5.27. The Morgan fingerprint density at radius 3 is 2.59 bits per heavy atom. The van der Waals surface area contributed by atoms with Crippen molar-refractivity contribution in [2.75, 3.05) is 0 Å². The molecule has 1 aliphatic carbocycles. The third-order valence-electron chi connectivity index (χ3n) is 5.03. The van der Waals surface area contributed by atoms with Crippen LogP contribution in [0.25, 0.3) is 0 Å². The number of hydrogen-bond donors (Lipinski definition) is 0. The average Bonchev–Trinajstić information content (AvgIpc) is 2.55. The second-order valence-electron chi connectivity index (χ2n) is 6.61. The highest BCUT2D eigenvalue weighted by Crippen LogP contribution is 2.38. The fraction of sp³-hybridized carbons (Fsp3) is 0.600. The van der Waals surface area contributed by atoms with Crippen molar-refractivity contribution in [2.24, 2.45) is 5.92 Å².